The van der Waals surface area contributed by atoms with Crippen LogP contribution >= 0.6 is 0 Å². The minimum Gasteiger partial charge on any atom is -0.399 e. The Bertz CT molecular complexity index is 483. The molecule has 1 aliphatic heterocycles. The molecule has 0 aliphatic carbocycles. The van der Waals surface area contributed by atoms with Gasteiger partial charge in [0.25, 0.3) is 11.8 Å². The highest BCUT2D eigenvalue weighted by atomic mass is 16.3. The van der Waals surface area contributed by atoms with Crippen LogP contribution in [0.25, 0.3) is 0 Å². The van der Waals surface area contributed by atoms with Crippen molar-refractivity contribution in [2.45, 2.75) is 19.4 Å². The van der Waals surface area contributed by atoms with Crippen LogP contribution < -0.4 is 5.73 Å². The number of carbonyl (C=O) groups excluding carboxylic acids is 2. The number of aliphatic hydroxyl groups is 1. The van der Waals surface area contributed by atoms with Crippen LogP contribution in [0.2, 0.25) is 0 Å². The molecule has 0 radical (unpaired) electrons. The molecule has 1 unspecified atom stereocenters. The molecule has 3 N–H and O–H groups in total. The van der Waals surface area contributed by atoms with Crippen molar-refractivity contribution in [3.05, 3.63) is 29.3 Å². The lowest BCUT2D eigenvalue weighted by Crippen LogP contribution is -2.32. The Balaban J connectivity index is 2.26. The fraction of sp³-hybridized carbons (Fsp3) is 0.333. The summed E-state index contributed by atoms with van der Waals surface area (Å²) in [5, 5.41) is 9.18. The van der Waals surface area contributed by atoms with Crippen molar-refractivity contribution in [2.75, 3.05) is 12.3 Å². The first-order valence-corrected chi connectivity index (χ1v) is 5.44. The minimum absolute atomic E-state index is 0.226. The summed E-state index contributed by atoms with van der Waals surface area (Å²) >= 11 is 0. The van der Waals surface area contributed by atoms with E-state index in [0.717, 1.165) is 4.90 Å². The van der Waals surface area contributed by atoms with Crippen molar-refractivity contribution in [2.24, 2.45) is 0 Å². The number of nitrogens with two attached hydrogens (primary N) is 1. The van der Waals surface area contributed by atoms with E-state index in [0.29, 0.717) is 23.2 Å². The van der Waals surface area contributed by atoms with E-state index in [9.17, 15) is 14.7 Å². The Labute approximate surface area is 98.8 Å². The molecule has 5 nitrogen and oxygen atoms in total. The number of benzene rings is 1. The van der Waals surface area contributed by atoms with Gasteiger partial charge in [0, 0.05) is 12.2 Å². The standard InChI is InChI=1S/C12H14N2O3/c1-7(15)4-5-14-11(16)9-3-2-8(13)6-10(9)12(14)17/h2-3,6-7,15H,4-5,13H2,1H3. The van der Waals surface area contributed by atoms with E-state index in [4.69, 9.17) is 5.73 Å². The van der Waals surface area contributed by atoms with Gasteiger partial charge in [-0.25, -0.2) is 0 Å². The maximum atomic E-state index is 11.9. The number of rotatable bonds is 3. The Morgan fingerprint density at radius 3 is 2.59 bits per heavy atom. The van der Waals surface area contributed by atoms with Gasteiger partial charge in [0.1, 0.15) is 0 Å². The van der Waals surface area contributed by atoms with E-state index < -0.39 is 6.10 Å². The lowest BCUT2D eigenvalue weighted by Gasteiger charge is -2.14. The number of hydrogen-bond acceptors (Lipinski definition) is 4. The summed E-state index contributed by atoms with van der Waals surface area (Å²) < 4.78 is 0. The third-order valence-corrected chi connectivity index (χ3v) is 2.77. The highest BCUT2D eigenvalue weighted by Gasteiger charge is 2.35. The summed E-state index contributed by atoms with van der Waals surface area (Å²) in [6, 6.07) is 4.67. The first-order chi connectivity index (χ1) is 8.00. The quantitative estimate of drug-likeness (QED) is 0.593. The summed E-state index contributed by atoms with van der Waals surface area (Å²) in [5.41, 5.74) is 6.78. The molecule has 1 aromatic rings. The van der Waals surface area contributed by atoms with Gasteiger partial charge in [0.2, 0.25) is 0 Å². The summed E-state index contributed by atoms with van der Waals surface area (Å²) in [5.74, 6) is -0.649. The molecule has 2 amide bonds. The molecule has 0 aromatic heterocycles. The van der Waals surface area contributed by atoms with Crippen molar-refractivity contribution in [3.63, 3.8) is 0 Å². The fourth-order valence-corrected chi connectivity index (χ4v) is 1.83. The predicted octanol–water partition coefficient (Wildman–Crippen LogP) is 0.636. The lowest BCUT2D eigenvalue weighted by atomic mass is 10.1. The van der Waals surface area contributed by atoms with Crippen LogP contribution in [-0.2, 0) is 0 Å². The first kappa shape index (κ1) is 11.6. The molecule has 1 heterocycles. The monoisotopic (exact) mass is 234 g/mol. The normalized spacial score (nSPS) is 16.2. The second-order valence-electron chi connectivity index (χ2n) is 4.20. The molecule has 2 rings (SSSR count). The van der Waals surface area contributed by atoms with Gasteiger partial charge < -0.3 is 10.8 Å². The zero-order valence-electron chi connectivity index (χ0n) is 9.51. The van der Waals surface area contributed by atoms with Gasteiger partial charge in [-0.2, -0.15) is 0 Å². The summed E-state index contributed by atoms with van der Waals surface area (Å²) in [4.78, 5) is 25.0. The zero-order chi connectivity index (χ0) is 12.6. The smallest absolute Gasteiger partial charge is 0.261 e. The van der Waals surface area contributed by atoms with Gasteiger partial charge in [-0.1, -0.05) is 0 Å². The molecule has 90 valence electrons. The van der Waals surface area contributed by atoms with E-state index in [1.54, 1.807) is 19.1 Å². The molecule has 0 saturated heterocycles. The van der Waals surface area contributed by atoms with E-state index >= 15 is 0 Å². The highest BCUT2D eigenvalue weighted by molar-refractivity contribution is 6.21. The van der Waals surface area contributed by atoms with Gasteiger partial charge >= 0.3 is 0 Å². The summed E-state index contributed by atoms with van der Waals surface area (Å²) in [6.07, 6.45) is -0.162. The van der Waals surface area contributed by atoms with Crippen molar-refractivity contribution in [1.29, 1.82) is 0 Å². The Hall–Kier alpha value is -1.88. The second kappa shape index (κ2) is 4.18. The molecule has 5 heteroatoms. The number of fused-ring (bicyclic) bond motifs is 1. The number of nitrogens with zero attached hydrogens (tertiary/aromatic N) is 1. The average Bonchev–Trinajstić information content (AvgIpc) is 2.49. The molecule has 0 fully saturated rings. The van der Waals surface area contributed by atoms with Crippen LogP contribution in [-0.4, -0.2) is 34.5 Å². The van der Waals surface area contributed by atoms with Crippen LogP contribution in [0.4, 0.5) is 5.69 Å². The van der Waals surface area contributed by atoms with Crippen LogP contribution in [0, 0.1) is 0 Å². The van der Waals surface area contributed by atoms with Gasteiger partial charge in [-0.05, 0) is 31.5 Å². The van der Waals surface area contributed by atoms with E-state index in [2.05, 4.69) is 0 Å². The molecule has 0 spiro atoms. The molecule has 1 aromatic carbocycles. The van der Waals surface area contributed by atoms with Gasteiger partial charge in [0.15, 0.2) is 0 Å². The zero-order valence-corrected chi connectivity index (χ0v) is 9.51. The Morgan fingerprint density at radius 1 is 1.29 bits per heavy atom. The maximum absolute atomic E-state index is 11.9. The molecule has 1 atom stereocenters. The largest absolute Gasteiger partial charge is 0.399 e. The number of hydrogen-bond donors (Lipinski definition) is 2. The van der Waals surface area contributed by atoms with Crippen LogP contribution in [0.1, 0.15) is 34.1 Å². The molecular formula is C12H14N2O3. The topological polar surface area (TPSA) is 83.6 Å². The maximum Gasteiger partial charge on any atom is 0.261 e. The molecule has 0 saturated carbocycles. The number of carbonyl (C=O) groups is 2. The third-order valence-electron chi connectivity index (χ3n) is 2.77. The molecular weight excluding hydrogens is 220 g/mol. The predicted molar refractivity (Wildman–Crippen MR) is 62.5 cm³/mol. The van der Waals surface area contributed by atoms with Crippen molar-refractivity contribution in [1.82, 2.24) is 4.90 Å². The van der Waals surface area contributed by atoms with Crippen molar-refractivity contribution in [3.8, 4) is 0 Å². The molecule has 17 heavy (non-hydrogen) atoms. The van der Waals surface area contributed by atoms with Gasteiger partial charge in [0.05, 0.1) is 17.2 Å². The SMILES string of the molecule is CC(O)CCN1C(=O)c2ccc(N)cc2C1=O. The van der Waals surface area contributed by atoms with Gasteiger partial charge in [-0.3, -0.25) is 14.5 Å². The number of amides is 2. The summed E-state index contributed by atoms with van der Waals surface area (Å²) in [7, 11) is 0. The van der Waals surface area contributed by atoms with E-state index in [1.165, 1.54) is 6.07 Å². The number of nitrogen functional groups attached to an aromatic ring is 1. The fourth-order valence-electron chi connectivity index (χ4n) is 1.83. The number of imide groups is 1. The molecule has 1 aliphatic rings. The highest BCUT2D eigenvalue weighted by Crippen LogP contribution is 2.24. The van der Waals surface area contributed by atoms with Crippen molar-refractivity contribution >= 4 is 17.5 Å². The number of aliphatic hydroxyl groups excluding tert-OH is 1. The van der Waals surface area contributed by atoms with E-state index in [1.807, 2.05) is 0 Å². The van der Waals surface area contributed by atoms with Crippen LogP contribution in [0.5, 0.6) is 0 Å². The van der Waals surface area contributed by atoms with Crippen molar-refractivity contribution < 1.29 is 14.7 Å². The average molecular weight is 234 g/mol. The second-order valence-corrected chi connectivity index (χ2v) is 4.20. The van der Waals surface area contributed by atoms with E-state index in [-0.39, 0.29) is 18.4 Å². The Kier molecular flexibility index (Phi) is 2.85. The summed E-state index contributed by atoms with van der Waals surface area (Å²) in [6.45, 7) is 1.85. The minimum atomic E-state index is -0.538. The Morgan fingerprint density at radius 2 is 1.94 bits per heavy atom. The van der Waals surface area contributed by atoms with Crippen LogP contribution in [0.15, 0.2) is 18.2 Å². The van der Waals surface area contributed by atoms with Gasteiger partial charge in [-0.15, -0.1) is 0 Å². The van der Waals surface area contributed by atoms with Crippen LogP contribution in [0.3, 0.4) is 0 Å². The third kappa shape index (κ3) is 2.01. The first-order valence-electron chi connectivity index (χ1n) is 5.44. The molecule has 0 bridgehead atoms. The number of anilines is 1. The lowest BCUT2D eigenvalue weighted by molar-refractivity contribution is 0.0629.